The highest BCUT2D eigenvalue weighted by Gasteiger charge is 2.63. The zero-order valence-corrected chi connectivity index (χ0v) is 43.2. The number of likely N-dealkylation sites (tertiary alicyclic amines) is 1. The first-order valence-electron chi connectivity index (χ1n) is 23.9. The summed E-state index contributed by atoms with van der Waals surface area (Å²) in [5.74, 6) is -2.05. The molecule has 0 bridgehead atoms. The molecule has 366 valence electrons. The predicted molar refractivity (Wildman–Crippen MR) is 269 cm³/mol. The number of amides is 2. The predicted octanol–water partition coefficient (Wildman–Crippen LogP) is 5.39. The molecule has 0 radical (unpaired) electrons. The summed E-state index contributed by atoms with van der Waals surface area (Å²) in [5.41, 5.74) is 4.18. The van der Waals surface area contributed by atoms with Gasteiger partial charge in [-0.3, -0.25) is 23.2 Å². The number of oxime groups is 1. The van der Waals surface area contributed by atoms with Crippen LogP contribution in [0.1, 0.15) is 78.6 Å². The summed E-state index contributed by atoms with van der Waals surface area (Å²) in [6.45, 7) is 3.74. The Bertz CT molecular complexity index is 2780. The van der Waals surface area contributed by atoms with E-state index in [4.69, 9.17) is 19.3 Å². The molecule has 4 aliphatic rings. The molecular weight excluding hydrogens is 1050 g/mol. The van der Waals surface area contributed by atoms with Crippen LogP contribution in [0.15, 0.2) is 174 Å². The number of carbonyl (C=O) groups excluding carboxylic acids is 3. The van der Waals surface area contributed by atoms with E-state index >= 15 is 0 Å². The van der Waals surface area contributed by atoms with E-state index in [0.717, 1.165) is 53.5 Å². The minimum Gasteiger partial charge on any atom is -1.00 e. The molecule has 3 saturated heterocycles. The molecule has 0 aliphatic carbocycles. The number of rotatable bonds is 15. The molecule has 5 heterocycles. The van der Waals surface area contributed by atoms with Gasteiger partial charge in [0.2, 0.25) is 6.29 Å². The molecule has 5 atom stereocenters. The van der Waals surface area contributed by atoms with Gasteiger partial charge in [-0.2, -0.15) is 0 Å². The quantitative estimate of drug-likeness (QED) is 0.0263. The van der Waals surface area contributed by atoms with Gasteiger partial charge in [0.15, 0.2) is 28.3 Å². The van der Waals surface area contributed by atoms with Crippen LogP contribution in [0.2, 0.25) is 0 Å². The van der Waals surface area contributed by atoms with Gasteiger partial charge in [0.25, 0.3) is 11.8 Å². The third-order valence-corrected chi connectivity index (χ3v) is 16.5. The van der Waals surface area contributed by atoms with E-state index in [9.17, 15) is 18.6 Å². The molecule has 6 aromatic rings. The zero-order valence-electron chi connectivity index (χ0n) is 39.4. The van der Waals surface area contributed by atoms with Crippen LogP contribution >= 0.6 is 11.3 Å². The lowest BCUT2D eigenvalue weighted by atomic mass is 9.77. The third-order valence-electron chi connectivity index (χ3n) is 13.8. The standard InChI is InChI=1S/C55H54N6O7S2.HI/c1-37-48(61(2)33-19-20-34-61)47(53(64)67-49(38-22-8-3-9-23-38)39-24-10-4-11-25-39)60-51(63)46(52(60)70(37)65)57-50(62)45(59-68-44-32-18-21-35-66-44)43-36-69-54(56-43)58-55(40-26-12-5-13-27-40,41-28-14-6-15-29-41)42-30-16-7-17-31-42;/h3-17,22-31,36-37,44,46,49,52H,18-21,32-35H2,1-2H3,(H-,56,57,58,62);1H/t37?,44?,46?,52-,70?;/m1./s1. The van der Waals surface area contributed by atoms with Crippen molar-refractivity contribution >= 4 is 50.8 Å². The number of quaternary nitrogens is 1. The molecule has 13 nitrogen and oxygen atoms in total. The topological polar surface area (TPSA) is 149 Å². The molecule has 2 N–H and O–H groups in total. The Labute approximate surface area is 437 Å². The number of fused-ring (bicyclic) bond motifs is 1. The summed E-state index contributed by atoms with van der Waals surface area (Å²) in [7, 11) is 0.279. The van der Waals surface area contributed by atoms with E-state index in [1.54, 1.807) is 5.38 Å². The van der Waals surface area contributed by atoms with Gasteiger partial charge >= 0.3 is 5.97 Å². The van der Waals surface area contributed by atoms with E-state index in [-0.39, 0.29) is 41.1 Å². The fourth-order valence-corrected chi connectivity index (χ4v) is 13.0. The van der Waals surface area contributed by atoms with E-state index < -0.39 is 63.2 Å². The SMILES string of the molecule is CC1C([N+]2(C)CCCC2)=C(C(=O)OC(c2ccccc2)c2ccccc2)N2C(=O)C(NC(=O)C(=NOC3CCCCO3)c3csc(NC(c4ccccc4)(c4ccccc4)c4ccccc4)n3)[C@H]2S1=O.[I-]. The molecule has 1 aromatic heterocycles. The van der Waals surface area contributed by atoms with Crippen LogP contribution in [-0.2, 0) is 45.0 Å². The van der Waals surface area contributed by atoms with Crippen molar-refractivity contribution in [3.05, 3.63) is 202 Å². The average molecular weight is 1100 g/mol. The van der Waals surface area contributed by atoms with Crippen molar-refractivity contribution in [1.29, 1.82) is 0 Å². The lowest BCUT2D eigenvalue weighted by molar-refractivity contribution is -0.861. The first kappa shape index (κ1) is 49.9. The monoisotopic (exact) mass is 1100 g/mol. The number of hydrogen-bond donors (Lipinski definition) is 2. The fraction of sp³-hybridized carbons (Fsp3) is 0.291. The maximum absolute atomic E-state index is 15.0. The largest absolute Gasteiger partial charge is 1.00 e. The molecular formula is C55H55IN6O7S2. The van der Waals surface area contributed by atoms with Gasteiger partial charge < -0.3 is 48.9 Å². The number of ether oxygens (including phenoxy) is 2. The number of hydrogen-bond acceptors (Lipinski definition) is 11. The number of nitrogens with zero attached hydrogens (tertiary/aromatic N) is 4. The van der Waals surface area contributed by atoms with Crippen LogP contribution in [0.25, 0.3) is 0 Å². The summed E-state index contributed by atoms with van der Waals surface area (Å²) < 4.78 is 27.4. The van der Waals surface area contributed by atoms with Crippen LogP contribution in [0, 0.1) is 0 Å². The number of carbonyl (C=O) groups is 3. The second kappa shape index (κ2) is 21.7. The van der Waals surface area contributed by atoms with Crippen LogP contribution in [0.3, 0.4) is 0 Å². The average Bonchev–Trinajstić information content (AvgIpc) is 4.07. The lowest BCUT2D eigenvalue weighted by Gasteiger charge is -2.52. The summed E-state index contributed by atoms with van der Waals surface area (Å²) in [6, 6.07) is 47.9. The lowest BCUT2D eigenvalue weighted by Crippen LogP contribution is -3.00. The second-order valence-electron chi connectivity index (χ2n) is 18.3. The number of aromatic nitrogens is 1. The molecule has 4 aliphatic heterocycles. The van der Waals surface area contributed by atoms with Crippen molar-refractivity contribution in [3.63, 3.8) is 0 Å². The molecule has 0 spiro atoms. The first-order valence-corrected chi connectivity index (χ1v) is 26.0. The maximum atomic E-state index is 15.0. The molecule has 10 rings (SSSR count). The molecule has 71 heavy (non-hydrogen) atoms. The van der Waals surface area contributed by atoms with Crippen molar-refractivity contribution in [2.45, 2.75) is 73.6 Å². The Morgan fingerprint density at radius 2 is 1.35 bits per heavy atom. The van der Waals surface area contributed by atoms with Crippen molar-refractivity contribution in [1.82, 2.24) is 15.2 Å². The summed E-state index contributed by atoms with van der Waals surface area (Å²) in [6.07, 6.45) is 2.65. The number of β-lactam (4-membered cyclic amide) rings is 1. The minimum atomic E-state index is -1.75. The molecule has 5 aromatic carbocycles. The molecule has 4 unspecified atom stereocenters. The van der Waals surface area contributed by atoms with E-state index in [1.807, 2.05) is 129 Å². The Balaban J connectivity index is 0.00000624. The van der Waals surface area contributed by atoms with Gasteiger partial charge in [-0.05, 0) is 47.6 Å². The Morgan fingerprint density at radius 1 is 0.817 bits per heavy atom. The first-order chi connectivity index (χ1) is 34.2. The van der Waals surface area contributed by atoms with E-state index in [2.05, 4.69) is 52.2 Å². The Morgan fingerprint density at radius 3 is 1.87 bits per heavy atom. The highest BCUT2D eigenvalue weighted by atomic mass is 127. The number of anilines is 1. The smallest absolute Gasteiger partial charge is 0.361 e. The van der Waals surface area contributed by atoms with Gasteiger partial charge in [0.1, 0.15) is 27.9 Å². The number of nitrogens with one attached hydrogen (secondary N) is 2. The van der Waals surface area contributed by atoms with Crippen molar-refractivity contribution in [2.75, 3.05) is 32.1 Å². The second-order valence-corrected chi connectivity index (χ2v) is 21.0. The van der Waals surface area contributed by atoms with E-state index in [1.165, 1.54) is 16.2 Å². The highest BCUT2D eigenvalue weighted by molar-refractivity contribution is 7.86. The summed E-state index contributed by atoms with van der Waals surface area (Å²) >= 11 is 1.29. The van der Waals surface area contributed by atoms with E-state index in [0.29, 0.717) is 41.4 Å². The van der Waals surface area contributed by atoms with Gasteiger partial charge in [-0.1, -0.05) is 157 Å². The normalized spacial score (nSPS) is 21.9. The molecule has 16 heteroatoms. The van der Waals surface area contributed by atoms with Gasteiger partial charge in [0.05, 0.1) is 37.5 Å². The van der Waals surface area contributed by atoms with Crippen LogP contribution in [-0.4, -0.2) is 91.8 Å². The van der Waals surface area contributed by atoms with Crippen molar-refractivity contribution in [3.8, 4) is 0 Å². The molecule has 2 amide bonds. The fourth-order valence-electron chi connectivity index (χ4n) is 10.3. The van der Waals surface area contributed by atoms with Crippen molar-refractivity contribution in [2.24, 2.45) is 5.16 Å². The zero-order chi connectivity index (χ0) is 48.2. The van der Waals surface area contributed by atoms with Crippen molar-refractivity contribution < 1.29 is 61.4 Å². The van der Waals surface area contributed by atoms with Gasteiger partial charge in [-0.15, -0.1) is 11.3 Å². The maximum Gasteiger partial charge on any atom is 0.361 e. The minimum absolute atomic E-state index is 0. The third kappa shape index (κ3) is 9.84. The van der Waals surface area contributed by atoms with Gasteiger partial charge in [-0.25, -0.2) is 9.78 Å². The number of thiazole rings is 1. The highest BCUT2D eigenvalue weighted by Crippen LogP contribution is 2.45. The molecule has 0 saturated carbocycles. The van der Waals surface area contributed by atoms with Crippen LogP contribution in [0.5, 0.6) is 0 Å². The Hall–Kier alpha value is -6.05. The summed E-state index contributed by atoms with van der Waals surface area (Å²) in [5, 5.41) is 11.5. The number of benzene rings is 5. The Kier molecular flexibility index (Phi) is 15.3. The van der Waals surface area contributed by atoms with Crippen LogP contribution in [0.4, 0.5) is 5.13 Å². The summed E-state index contributed by atoms with van der Waals surface area (Å²) in [4.78, 5) is 56.7. The molecule has 3 fully saturated rings. The number of esters is 1. The number of halogens is 1. The van der Waals surface area contributed by atoms with Crippen LogP contribution < -0.4 is 34.6 Å². The van der Waals surface area contributed by atoms with Gasteiger partial charge in [0, 0.05) is 24.6 Å².